The van der Waals surface area contributed by atoms with Crippen LogP contribution in [-0.2, 0) is 11.3 Å². The smallest absolute Gasteiger partial charge is 0.251 e. The molecule has 0 radical (unpaired) electrons. The van der Waals surface area contributed by atoms with E-state index in [2.05, 4.69) is 29.3 Å². The molecule has 116 valence electrons. The molecule has 2 rings (SSSR count). The fraction of sp³-hybridized carbons (Fsp3) is 0.588. The molecule has 4 heteroatoms. The van der Waals surface area contributed by atoms with Gasteiger partial charge in [0.15, 0.2) is 0 Å². The quantitative estimate of drug-likeness (QED) is 0.817. The zero-order valence-electron chi connectivity index (χ0n) is 13.1. The van der Waals surface area contributed by atoms with Gasteiger partial charge in [0.25, 0.3) is 5.91 Å². The summed E-state index contributed by atoms with van der Waals surface area (Å²) in [5.41, 5.74) is 1.99. The molecule has 1 aliphatic rings. The maximum Gasteiger partial charge on any atom is 0.251 e. The highest BCUT2D eigenvalue weighted by molar-refractivity contribution is 5.94. The summed E-state index contributed by atoms with van der Waals surface area (Å²) in [6.45, 7) is 6.75. The Morgan fingerprint density at radius 2 is 2.14 bits per heavy atom. The van der Waals surface area contributed by atoms with Crippen LogP contribution >= 0.6 is 0 Å². The highest BCUT2D eigenvalue weighted by Gasteiger charge is 2.16. The minimum absolute atomic E-state index is 0.0369. The number of rotatable bonds is 6. The standard InChI is InChI=1S/C17H26N2O2/c1-14-4-3-10-19(12-14)13-15-5-7-16(8-6-15)17(20)18-9-11-21-2/h5-8,14H,3-4,9-13H2,1-2H3,(H,18,20)/t14-/m0/s1. The Hall–Kier alpha value is -1.39. The Kier molecular flexibility index (Phi) is 6.21. The maximum atomic E-state index is 11.9. The number of benzene rings is 1. The third kappa shape index (κ3) is 5.14. The third-order valence-electron chi connectivity index (χ3n) is 3.96. The number of hydrogen-bond donors (Lipinski definition) is 1. The molecule has 1 aliphatic heterocycles. The number of amides is 1. The minimum atomic E-state index is -0.0369. The van der Waals surface area contributed by atoms with Crippen LogP contribution in [0.3, 0.4) is 0 Å². The Bertz CT molecular complexity index is 445. The molecule has 0 aliphatic carbocycles. The molecule has 4 nitrogen and oxygen atoms in total. The van der Waals surface area contributed by atoms with Crippen molar-refractivity contribution >= 4 is 5.91 Å². The number of carbonyl (C=O) groups excluding carboxylic acids is 1. The van der Waals surface area contributed by atoms with E-state index in [1.807, 2.05) is 12.1 Å². The van der Waals surface area contributed by atoms with Gasteiger partial charge in [0, 0.05) is 32.3 Å². The van der Waals surface area contributed by atoms with Crippen molar-refractivity contribution in [3.63, 3.8) is 0 Å². The molecule has 1 heterocycles. The summed E-state index contributed by atoms with van der Waals surface area (Å²) in [5.74, 6) is 0.759. The van der Waals surface area contributed by atoms with Gasteiger partial charge in [-0.15, -0.1) is 0 Å². The van der Waals surface area contributed by atoms with Crippen LogP contribution in [-0.4, -0.2) is 44.2 Å². The first kappa shape index (κ1) is 16.0. The topological polar surface area (TPSA) is 41.6 Å². The van der Waals surface area contributed by atoms with E-state index >= 15 is 0 Å². The van der Waals surface area contributed by atoms with Crippen molar-refractivity contribution in [3.8, 4) is 0 Å². The summed E-state index contributed by atoms with van der Waals surface area (Å²) in [4.78, 5) is 14.4. The fourth-order valence-electron chi connectivity index (χ4n) is 2.82. The van der Waals surface area contributed by atoms with Gasteiger partial charge in [-0.3, -0.25) is 9.69 Å². The Labute approximate surface area is 127 Å². The van der Waals surface area contributed by atoms with Crippen molar-refractivity contribution in [2.24, 2.45) is 5.92 Å². The number of carbonyl (C=O) groups is 1. The van der Waals surface area contributed by atoms with Crippen LogP contribution in [0.1, 0.15) is 35.7 Å². The van der Waals surface area contributed by atoms with E-state index in [1.165, 1.54) is 31.5 Å². The molecule has 0 saturated carbocycles. The van der Waals surface area contributed by atoms with Gasteiger partial charge in [-0.25, -0.2) is 0 Å². The van der Waals surface area contributed by atoms with E-state index in [4.69, 9.17) is 4.74 Å². The van der Waals surface area contributed by atoms with Crippen LogP contribution in [0.15, 0.2) is 24.3 Å². The van der Waals surface area contributed by atoms with E-state index in [0.717, 1.165) is 12.5 Å². The maximum absolute atomic E-state index is 11.9. The largest absolute Gasteiger partial charge is 0.383 e. The molecule has 0 bridgehead atoms. The van der Waals surface area contributed by atoms with Crippen LogP contribution in [0.25, 0.3) is 0 Å². The lowest BCUT2D eigenvalue weighted by atomic mass is 9.99. The third-order valence-corrected chi connectivity index (χ3v) is 3.96. The van der Waals surface area contributed by atoms with Gasteiger partial charge in [0.2, 0.25) is 0 Å². The van der Waals surface area contributed by atoms with Gasteiger partial charge in [-0.05, 0) is 43.0 Å². The lowest BCUT2D eigenvalue weighted by Crippen LogP contribution is -2.33. The summed E-state index contributed by atoms with van der Waals surface area (Å²) in [7, 11) is 1.63. The molecule has 1 amide bonds. The van der Waals surface area contributed by atoms with Gasteiger partial charge < -0.3 is 10.1 Å². The molecular formula is C17H26N2O2. The Morgan fingerprint density at radius 1 is 1.38 bits per heavy atom. The van der Waals surface area contributed by atoms with Crippen molar-refractivity contribution in [2.75, 3.05) is 33.4 Å². The van der Waals surface area contributed by atoms with Crippen molar-refractivity contribution in [2.45, 2.75) is 26.3 Å². The summed E-state index contributed by atoms with van der Waals surface area (Å²) in [6, 6.07) is 7.94. The zero-order valence-corrected chi connectivity index (χ0v) is 13.1. The van der Waals surface area contributed by atoms with Gasteiger partial charge in [0.1, 0.15) is 0 Å². The van der Waals surface area contributed by atoms with Gasteiger partial charge in [-0.2, -0.15) is 0 Å². The Balaban J connectivity index is 1.85. The molecular weight excluding hydrogens is 264 g/mol. The van der Waals surface area contributed by atoms with E-state index < -0.39 is 0 Å². The Morgan fingerprint density at radius 3 is 2.81 bits per heavy atom. The first-order chi connectivity index (χ1) is 10.2. The van der Waals surface area contributed by atoms with Gasteiger partial charge in [-0.1, -0.05) is 19.1 Å². The first-order valence-electron chi connectivity index (χ1n) is 7.77. The van der Waals surface area contributed by atoms with Gasteiger partial charge >= 0.3 is 0 Å². The second kappa shape index (κ2) is 8.15. The number of hydrogen-bond acceptors (Lipinski definition) is 3. The van der Waals surface area contributed by atoms with E-state index in [1.54, 1.807) is 7.11 Å². The van der Waals surface area contributed by atoms with Crippen LogP contribution < -0.4 is 5.32 Å². The van der Waals surface area contributed by atoms with Gasteiger partial charge in [0.05, 0.1) is 6.61 Å². The fourth-order valence-corrected chi connectivity index (χ4v) is 2.82. The molecule has 1 atom stereocenters. The highest BCUT2D eigenvalue weighted by Crippen LogP contribution is 2.18. The number of likely N-dealkylation sites (tertiary alicyclic amines) is 1. The van der Waals surface area contributed by atoms with E-state index in [-0.39, 0.29) is 5.91 Å². The van der Waals surface area contributed by atoms with Crippen molar-refractivity contribution in [1.82, 2.24) is 10.2 Å². The second-order valence-corrected chi connectivity index (χ2v) is 5.93. The molecule has 0 spiro atoms. The zero-order chi connectivity index (χ0) is 15.1. The molecule has 1 saturated heterocycles. The molecule has 1 fully saturated rings. The number of ether oxygens (including phenoxy) is 1. The molecule has 0 unspecified atom stereocenters. The normalized spacial score (nSPS) is 19.4. The summed E-state index contributed by atoms with van der Waals surface area (Å²) < 4.78 is 4.92. The summed E-state index contributed by atoms with van der Waals surface area (Å²) in [5, 5.41) is 2.83. The second-order valence-electron chi connectivity index (χ2n) is 5.93. The summed E-state index contributed by atoms with van der Waals surface area (Å²) >= 11 is 0. The van der Waals surface area contributed by atoms with Crippen LogP contribution in [0.2, 0.25) is 0 Å². The van der Waals surface area contributed by atoms with E-state index in [0.29, 0.717) is 18.7 Å². The first-order valence-corrected chi connectivity index (χ1v) is 7.77. The average Bonchev–Trinajstić information content (AvgIpc) is 2.48. The lowest BCUT2D eigenvalue weighted by Gasteiger charge is -2.30. The minimum Gasteiger partial charge on any atom is -0.383 e. The molecule has 1 aromatic carbocycles. The highest BCUT2D eigenvalue weighted by atomic mass is 16.5. The number of methoxy groups -OCH3 is 1. The van der Waals surface area contributed by atoms with Crippen molar-refractivity contribution in [3.05, 3.63) is 35.4 Å². The van der Waals surface area contributed by atoms with Crippen LogP contribution in [0.5, 0.6) is 0 Å². The lowest BCUT2D eigenvalue weighted by molar-refractivity contribution is 0.0937. The summed E-state index contributed by atoms with van der Waals surface area (Å²) in [6.07, 6.45) is 2.64. The van der Waals surface area contributed by atoms with Crippen molar-refractivity contribution < 1.29 is 9.53 Å². The van der Waals surface area contributed by atoms with Crippen LogP contribution in [0, 0.1) is 5.92 Å². The molecule has 0 aromatic heterocycles. The monoisotopic (exact) mass is 290 g/mol. The number of nitrogens with zero attached hydrogens (tertiary/aromatic N) is 1. The molecule has 1 aromatic rings. The van der Waals surface area contributed by atoms with Crippen LogP contribution in [0.4, 0.5) is 0 Å². The molecule has 21 heavy (non-hydrogen) atoms. The van der Waals surface area contributed by atoms with Crippen molar-refractivity contribution in [1.29, 1.82) is 0 Å². The molecule has 1 N–H and O–H groups in total. The predicted molar refractivity (Wildman–Crippen MR) is 84.3 cm³/mol. The number of piperidine rings is 1. The predicted octanol–water partition coefficient (Wildman–Crippen LogP) is 2.29. The SMILES string of the molecule is COCCNC(=O)c1ccc(CN2CCC[C@H](C)C2)cc1. The number of nitrogens with one attached hydrogen (secondary N) is 1. The van der Waals surface area contributed by atoms with E-state index in [9.17, 15) is 4.79 Å². The average molecular weight is 290 g/mol.